The molecule has 0 fully saturated rings. The van der Waals surface area contributed by atoms with Crippen molar-refractivity contribution in [2.75, 3.05) is 39.2 Å². The molecule has 0 aliphatic rings. The molecule has 1 amide bonds. The minimum absolute atomic E-state index is 0.0934. The average Bonchev–Trinajstić information content (AvgIpc) is 3.23. The van der Waals surface area contributed by atoms with Crippen LogP contribution in [0.3, 0.4) is 0 Å². The summed E-state index contributed by atoms with van der Waals surface area (Å²) in [6.45, 7) is 1.26. The standard InChI is InChI=1S/C25H25N3O3S/c1-27(2)15-16-28(25-26-22-14-13-21(30-3)17-23(22)32-25)24(29)18-9-11-20(12-10-18)31-19-7-5-4-6-8-19/h4-14,17H,15-16H2,1-3H3. The average molecular weight is 448 g/mol. The molecule has 0 unspecified atom stereocenters. The first-order valence-electron chi connectivity index (χ1n) is 10.3. The first kappa shape index (κ1) is 21.8. The van der Waals surface area contributed by atoms with Gasteiger partial charge in [-0.1, -0.05) is 29.5 Å². The zero-order valence-electron chi connectivity index (χ0n) is 18.3. The number of amides is 1. The maximum absolute atomic E-state index is 13.4. The van der Waals surface area contributed by atoms with E-state index in [0.29, 0.717) is 23.0 Å². The summed E-state index contributed by atoms with van der Waals surface area (Å²) in [6, 6.07) is 22.5. The Balaban J connectivity index is 1.59. The van der Waals surface area contributed by atoms with Gasteiger partial charge < -0.3 is 14.4 Å². The molecule has 0 aliphatic carbocycles. The number of rotatable bonds is 8. The number of benzene rings is 3. The van der Waals surface area contributed by atoms with Crippen LogP contribution >= 0.6 is 11.3 Å². The number of para-hydroxylation sites is 1. The van der Waals surface area contributed by atoms with Crippen molar-refractivity contribution >= 4 is 32.6 Å². The zero-order chi connectivity index (χ0) is 22.5. The third kappa shape index (κ3) is 5.07. The number of methoxy groups -OCH3 is 1. The number of fused-ring (bicyclic) bond motifs is 1. The topological polar surface area (TPSA) is 54.9 Å². The fourth-order valence-corrected chi connectivity index (χ4v) is 4.18. The normalized spacial score (nSPS) is 11.0. The van der Waals surface area contributed by atoms with E-state index < -0.39 is 0 Å². The predicted octanol–water partition coefficient (Wildman–Crippen LogP) is 5.31. The summed E-state index contributed by atoms with van der Waals surface area (Å²) in [5.74, 6) is 2.11. The van der Waals surface area contributed by atoms with Gasteiger partial charge in [0, 0.05) is 18.7 Å². The summed E-state index contributed by atoms with van der Waals surface area (Å²) in [5.41, 5.74) is 1.43. The Morgan fingerprint density at radius 3 is 2.28 bits per heavy atom. The van der Waals surface area contributed by atoms with Gasteiger partial charge in [0.15, 0.2) is 5.13 Å². The van der Waals surface area contributed by atoms with Crippen molar-refractivity contribution in [3.05, 3.63) is 78.4 Å². The lowest BCUT2D eigenvalue weighted by Gasteiger charge is -2.22. The second-order valence-electron chi connectivity index (χ2n) is 7.53. The maximum atomic E-state index is 13.4. The van der Waals surface area contributed by atoms with Gasteiger partial charge in [-0.2, -0.15) is 0 Å². The van der Waals surface area contributed by atoms with E-state index in [-0.39, 0.29) is 5.91 Å². The number of nitrogens with zero attached hydrogens (tertiary/aromatic N) is 3. The van der Waals surface area contributed by atoms with Gasteiger partial charge in [0.25, 0.3) is 5.91 Å². The van der Waals surface area contributed by atoms with Gasteiger partial charge >= 0.3 is 0 Å². The molecule has 0 N–H and O–H groups in total. The van der Waals surface area contributed by atoms with Crippen LogP contribution < -0.4 is 14.4 Å². The number of carbonyl (C=O) groups excluding carboxylic acids is 1. The highest BCUT2D eigenvalue weighted by Crippen LogP contribution is 2.32. The molecule has 0 radical (unpaired) electrons. The van der Waals surface area contributed by atoms with Gasteiger partial charge in [-0.25, -0.2) is 4.98 Å². The largest absolute Gasteiger partial charge is 0.497 e. The van der Waals surface area contributed by atoms with E-state index in [4.69, 9.17) is 14.5 Å². The second kappa shape index (κ2) is 9.80. The Morgan fingerprint density at radius 1 is 0.906 bits per heavy atom. The van der Waals surface area contributed by atoms with Gasteiger partial charge in [-0.3, -0.25) is 9.69 Å². The van der Waals surface area contributed by atoms with Crippen LogP contribution in [-0.2, 0) is 0 Å². The zero-order valence-corrected chi connectivity index (χ0v) is 19.1. The molecule has 164 valence electrons. The number of likely N-dealkylation sites (N-methyl/N-ethyl adjacent to an activating group) is 1. The number of carbonyl (C=O) groups is 1. The molecule has 0 bridgehead atoms. The molecule has 0 saturated heterocycles. The van der Waals surface area contributed by atoms with Gasteiger partial charge in [0.05, 0.1) is 17.3 Å². The highest BCUT2D eigenvalue weighted by atomic mass is 32.1. The molecule has 4 rings (SSSR count). The molecule has 3 aromatic carbocycles. The molecule has 6 nitrogen and oxygen atoms in total. The van der Waals surface area contributed by atoms with Crippen LogP contribution in [0.5, 0.6) is 17.2 Å². The van der Waals surface area contributed by atoms with Crippen molar-refractivity contribution in [2.45, 2.75) is 0 Å². The molecule has 1 heterocycles. The minimum atomic E-state index is -0.0934. The Morgan fingerprint density at radius 2 is 1.59 bits per heavy atom. The van der Waals surface area contributed by atoms with Crippen LogP contribution in [0.4, 0.5) is 5.13 Å². The van der Waals surface area contributed by atoms with Crippen molar-refractivity contribution < 1.29 is 14.3 Å². The molecule has 0 saturated carbocycles. The highest BCUT2D eigenvalue weighted by molar-refractivity contribution is 7.22. The Bertz CT molecular complexity index is 1190. The number of hydrogen-bond acceptors (Lipinski definition) is 6. The van der Waals surface area contributed by atoms with Gasteiger partial charge in [-0.05, 0) is 68.7 Å². The second-order valence-corrected chi connectivity index (χ2v) is 8.54. The third-order valence-corrected chi connectivity index (χ3v) is 5.95. The van der Waals surface area contributed by atoms with E-state index >= 15 is 0 Å². The summed E-state index contributed by atoms with van der Waals surface area (Å²) < 4.78 is 12.1. The predicted molar refractivity (Wildman–Crippen MR) is 129 cm³/mol. The number of hydrogen-bond donors (Lipinski definition) is 0. The van der Waals surface area contributed by atoms with E-state index in [2.05, 4.69) is 0 Å². The molecule has 0 atom stereocenters. The maximum Gasteiger partial charge on any atom is 0.260 e. The summed E-state index contributed by atoms with van der Waals surface area (Å²) in [7, 11) is 5.62. The first-order chi connectivity index (χ1) is 15.5. The van der Waals surface area contributed by atoms with E-state index in [1.165, 1.54) is 11.3 Å². The van der Waals surface area contributed by atoms with E-state index in [0.717, 1.165) is 28.3 Å². The quantitative estimate of drug-likeness (QED) is 0.367. The Kier molecular flexibility index (Phi) is 6.68. The van der Waals surface area contributed by atoms with Crippen molar-refractivity contribution in [1.82, 2.24) is 9.88 Å². The molecular formula is C25H25N3O3S. The fourth-order valence-electron chi connectivity index (χ4n) is 3.17. The van der Waals surface area contributed by atoms with Crippen LogP contribution in [0.15, 0.2) is 72.8 Å². The summed E-state index contributed by atoms with van der Waals surface area (Å²) >= 11 is 1.49. The molecule has 0 aliphatic heterocycles. The van der Waals surface area contributed by atoms with Gasteiger partial charge in [0.1, 0.15) is 17.2 Å². The lowest BCUT2D eigenvalue weighted by atomic mass is 10.2. The Labute approximate surface area is 191 Å². The van der Waals surface area contributed by atoms with Crippen LogP contribution in [0.1, 0.15) is 10.4 Å². The molecule has 7 heteroatoms. The minimum Gasteiger partial charge on any atom is -0.497 e. The third-order valence-electron chi connectivity index (χ3n) is 4.91. The number of aromatic nitrogens is 1. The summed E-state index contributed by atoms with van der Waals surface area (Å²) in [5, 5.41) is 0.671. The highest BCUT2D eigenvalue weighted by Gasteiger charge is 2.21. The van der Waals surface area contributed by atoms with E-state index in [1.54, 1.807) is 24.1 Å². The van der Waals surface area contributed by atoms with Gasteiger partial charge in [0.2, 0.25) is 0 Å². The Hall–Kier alpha value is -3.42. The number of anilines is 1. The van der Waals surface area contributed by atoms with E-state index in [1.807, 2.05) is 79.7 Å². The lowest BCUT2D eigenvalue weighted by Crippen LogP contribution is -2.36. The van der Waals surface area contributed by atoms with Gasteiger partial charge in [-0.15, -0.1) is 0 Å². The van der Waals surface area contributed by atoms with Crippen LogP contribution in [0.25, 0.3) is 10.2 Å². The van der Waals surface area contributed by atoms with Crippen molar-refractivity contribution in [3.8, 4) is 17.2 Å². The lowest BCUT2D eigenvalue weighted by molar-refractivity contribution is 0.0985. The SMILES string of the molecule is COc1ccc2nc(N(CCN(C)C)C(=O)c3ccc(Oc4ccccc4)cc3)sc2c1. The summed E-state index contributed by atoms with van der Waals surface area (Å²) in [4.78, 5) is 21.9. The molecule has 0 spiro atoms. The smallest absolute Gasteiger partial charge is 0.260 e. The molecule has 4 aromatic rings. The molecule has 1 aromatic heterocycles. The van der Waals surface area contributed by atoms with Crippen LogP contribution in [-0.4, -0.2) is 50.1 Å². The van der Waals surface area contributed by atoms with Crippen molar-refractivity contribution in [2.24, 2.45) is 0 Å². The van der Waals surface area contributed by atoms with E-state index in [9.17, 15) is 4.79 Å². The van der Waals surface area contributed by atoms with Crippen molar-refractivity contribution in [1.29, 1.82) is 0 Å². The van der Waals surface area contributed by atoms with Crippen molar-refractivity contribution in [3.63, 3.8) is 0 Å². The molecule has 32 heavy (non-hydrogen) atoms. The first-order valence-corrected chi connectivity index (χ1v) is 11.1. The van der Waals surface area contributed by atoms with Crippen LogP contribution in [0.2, 0.25) is 0 Å². The monoisotopic (exact) mass is 447 g/mol. The number of ether oxygens (including phenoxy) is 2. The molecular weight excluding hydrogens is 422 g/mol. The van der Waals surface area contributed by atoms with Crippen LogP contribution in [0, 0.1) is 0 Å². The fraction of sp³-hybridized carbons (Fsp3) is 0.200. The summed E-state index contributed by atoms with van der Waals surface area (Å²) in [6.07, 6.45) is 0. The number of thiazole rings is 1.